The zero-order chi connectivity index (χ0) is 24.7. The number of aryl methyl sites for hydroxylation is 3. The highest BCUT2D eigenvalue weighted by atomic mass is 32.1. The predicted molar refractivity (Wildman–Crippen MR) is 137 cm³/mol. The summed E-state index contributed by atoms with van der Waals surface area (Å²) in [6.07, 6.45) is 3.25. The molecule has 2 aromatic heterocycles. The summed E-state index contributed by atoms with van der Waals surface area (Å²) in [4.78, 5) is 38.0. The molecule has 3 heterocycles. The van der Waals surface area contributed by atoms with Crippen LogP contribution in [-0.2, 0) is 4.79 Å². The van der Waals surface area contributed by atoms with Crippen molar-refractivity contribution in [2.24, 2.45) is 0 Å². The van der Waals surface area contributed by atoms with Crippen molar-refractivity contribution < 1.29 is 14.7 Å². The van der Waals surface area contributed by atoms with Gasteiger partial charge in [0.2, 0.25) is 5.78 Å². The summed E-state index contributed by atoms with van der Waals surface area (Å²) in [6, 6.07) is 18.1. The Labute approximate surface area is 207 Å². The zero-order valence-electron chi connectivity index (χ0n) is 19.5. The molecule has 1 unspecified atom stereocenters. The molecule has 0 radical (unpaired) electrons. The molecule has 0 saturated carbocycles. The summed E-state index contributed by atoms with van der Waals surface area (Å²) in [6.45, 7) is 5.66. The third-order valence-electron chi connectivity index (χ3n) is 5.96. The maximum absolute atomic E-state index is 13.9. The average molecular weight is 482 g/mol. The van der Waals surface area contributed by atoms with E-state index < -0.39 is 23.5 Å². The normalized spacial score (nSPS) is 15.7. The van der Waals surface area contributed by atoms with Crippen molar-refractivity contribution in [3.05, 3.63) is 112 Å². The van der Waals surface area contributed by atoms with Crippen molar-refractivity contribution in [1.82, 2.24) is 9.97 Å². The summed E-state index contributed by atoms with van der Waals surface area (Å²) in [5.74, 6) is -1.57. The molecule has 1 atom stereocenters. The highest BCUT2D eigenvalue weighted by Gasteiger charge is 2.45. The Morgan fingerprint density at radius 3 is 2.37 bits per heavy atom. The molecule has 5 rings (SSSR count). The van der Waals surface area contributed by atoms with E-state index in [9.17, 15) is 14.7 Å². The molecule has 1 aliphatic heterocycles. The highest BCUT2D eigenvalue weighted by Crippen LogP contribution is 2.43. The molecule has 0 bridgehead atoms. The van der Waals surface area contributed by atoms with Crippen LogP contribution in [0.1, 0.15) is 38.1 Å². The molecule has 35 heavy (non-hydrogen) atoms. The number of hydrogen-bond acceptors (Lipinski definition) is 6. The minimum absolute atomic E-state index is 0.0357. The van der Waals surface area contributed by atoms with Gasteiger partial charge in [-0.15, -0.1) is 11.3 Å². The molecular weight excluding hydrogens is 458 g/mol. The van der Waals surface area contributed by atoms with Crippen LogP contribution in [0, 0.1) is 20.8 Å². The van der Waals surface area contributed by atoms with Crippen molar-refractivity contribution in [3.8, 4) is 10.6 Å². The van der Waals surface area contributed by atoms with Gasteiger partial charge in [0.15, 0.2) is 5.76 Å². The maximum atomic E-state index is 13.9. The lowest BCUT2D eigenvalue weighted by Crippen LogP contribution is -2.31. The van der Waals surface area contributed by atoms with Crippen molar-refractivity contribution in [2.75, 3.05) is 4.90 Å². The molecule has 7 heteroatoms. The molecule has 6 nitrogen and oxygen atoms in total. The van der Waals surface area contributed by atoms with Crippen molar-refractivity contribution >= 4 is 28.7 Å². The number of carbonyl (C=O) groups excluding carboxylic acids is 2. The number of carbonyl (C=O) groups is 2. The number of nitrogens with zero attached hydrogens (tertiary/aromatic N) is 3. The Balaban J connectivity index is 1.64. The van der Waals surface area contributed by atoms with Crippen LogP contribution in [-0.4, -0.2) is 26.8 Å². The lowest BCUT2D eigenvalue weighted by Gasteiger charge is -2.27. The van der Waals surface area contributed by atoms with Crippen LogP contribution in [0.15, 0.2) is 84.4 Å². The van der Waals surface area contributed by atoms with Gasteiger partial charge in [-0.05, 0) is 55.7 Å². The number of aliphatic hydroxyl groups is 1. The Kier molecular flexibility index (Phi) is 5.78. The van der Waals surface area contributed by atoms with Gasteiger partial charge < -0.3 is 5.11 Å². The predicted octanol–water partition coefficient (Wildman–Crippen LogP) is 5.91. The fourth-order valence-electron chi connectivity index (χ4n) is 4.48. The van der Waals surface area contributed by atoms with Gasteiger partial charge in [-0.2, -0.15) is 0 Å². The number of anilines is 1. The SMILES string of the molecule is Cc1cc(C)cc(N2C(=O)C(O)=C(C(=O)c3sc(-c4ccccc4)nc3C)C2c2cccnc2)c1. The van der Waals surface area contributed by atoms with Crippen LogP contribution in [0.4, 0.5) is 5.69 Å². The minimum atomic E-state index is -0.813. The molecular formula is C28H23N3O3S. The first-order valence-electron chi connectivity index (χ1n) is 11.2. The lowest BCUT2D eigenvalue weighted by atomic mass is 9.95. The van der Waals surface area contributed by atoms with Gasteiger partial charge in [-0.1, -0.05) is 42.5 Å². The Morgan fingerprint density at radius 1 is 1.00 bits per heavy atom. The quantitative estimate of drug-likeness (QED) is 0.358. The van der Waals surface area contributed by atoms with Gasteiger partial charge in [0.05, 0.1) is 22.2 Å². The fourth-order valence-corrected chi connectivity index (χ4v) is 5.51. The summed E-state index contributed by atoms with van der Waals surface area (Å²) in [7, 11) is 0. The molecule has 1 N–H and O–H groups in total. The van der Waals surface area contributed by atoms with E-state index in [1.807, 2.05) is 62.4 Å². The van der Waals surface area contributed by atoms with E-state index in [2.05, 4.69) is 9.97 Å². The van der Waals surface area contributed by atoms with E-state index in [4.69, 9.17) is 0 Å². The number of rotatable bonds is 5. The first-order chi connectivity index (χ1) is 16.8. The summed E-state index contributed by atoms with van der Waals surface area (Å²) in [5, 5.41) is 11.7. The Hall–Kier alpha value is -4.10. The second kappa shape index (κ2) is 8.92. The largest absolute Gasteiger partial charge is 0.503 e. The number of aromatic nitrogens is 2. The number of amides is 1. The van der Waals surface area contributed by atoms with Crippen molar-refractivity contribution in [1.29, 1.82) is 0 Å². The van der Waals surface area contributed by atoms with E-state index in [0.29, 0.717) is 26.8 Å². The summed E-state index contributed by atoms with van der Waals surface area (Å²) >= 11 is 1.26. The molecule has 174 valence electrons. The number of hydrogen-bond donors (Lipinski definition) is 1. The Bertz CT molecular complexity index is 1460. The minimum Gasteiger partial charge on any atom is -0.503 e. The lowest BCUT2D eigenvalue weighted by molar-refractivity contribution is -0.117. The van der Waals surface area contributed by atoms with Crippen molar-refractivity contribution in [2.45, 2.75) is 26.8 Å². The summed E-state index contributed by atoms with van der Waals surface area (Å²) < 4.78 is 0. The van der Waals surface area contributed by atoms with Crippen LogP contribution >= 0.6 is 11.3 Å². The van der Waals surface area contributed by atoms with Crippen LogP contribution < -0.4 is 4.90 Å². The molecule has 1 aliphatic rings. The third kappa shape index (κ3) is 4.04. The van der Waals surface area contributed by atoms with E-state index in [0.717, 1.165) is 16.7 Å². The number of pyridine rings is 1. The van der Waals surface area contributed by atoms with E-state index in [-0.39, 0.29) is 5.57 Å². The fraction of sp³-hybridized carbons (Fsp3) is 0.143. The highest BCUT2D eigenvalue weighted by molar-refractivity contribution is 7.17. The smallest absolute Gasteiger partial charge is 0.294 e. The molecule has 1 amide bonds. The van der Waals surface area contributed by atoms with E-state index >= 15 is 0 Å². The first-order valence-corrected chi connectivity index (χ1v) is 12.0. The van der Waals surface area contributed by atoms with Gasteiger partial charge in [0.1, 0.15) is 5.01 Å². The number of ketones is 1. The number of aliphatic hydroxyl groups excluding tert-OH is 1. The van der Waals surface area contributed by atoms with Crippen LogP contribution in [0.3, 0.4) is 0 Å². The van der Waals surface area contributed by atoms with E-state index in [1.165, 1.54) is 16.2 Å². The molecule has 0 aliphatic carbocycles. The second-order valence-electron chi connectivity index (χ2n) is 8.60. The van der Waals surface area contributed by atoms with Crippen LogP contribution in [0.25, 0.3) is 10.6 Å². The van der Waals surface area contributed by atoms with Gasteiger partial charge in [0, 0.05) is 23.6 Å². The van der Waals surface area contributed by atoms with Gasteiger partial charge in [-0.25, -0.2) is 4.98 Å². The molecule has 0 saturated heterocycles. The van der Waals surface area contributed by atoms with Crippen molar-refractivity contribution in [3.63, 3.8) is 0 Å². The molecule has 0 fully saturated rings. The van der Waals surface area contributed by atoms with Crippen LogP contribution in [0.2, 0.25) is 0 Å². The zero-order valence-corrected chi connectivity index (χ0v) is 20.3. The third-order valence-corrected chi connectivity index (χ3v) is 7.17. The topological polar surface area (TPSA) is 83.4 Å². The second-order valence-corrected chi connectivity index (χ2v) is 9.60. The standard InChI is InChI=1S/C28H23N3O3S/c1-16-12-17(2)14-21(13-16)31-23(20-10-7-11-29-15-20)22(25(33)28(31)34)24(32)26-18(3)30-27(35-26)19-8-5-4-6-9-19/h4-15,23,33H,1-3H3. The maximum Gasteiger partial charge on any atom is 0.294 e. The van der Waals surface area contributed by atoms with E-state index in [1.54, 1.807) is 31.5 Å². The van der Waals surface area contributed by atoms with Gasteiger partial charge in [-0.3, -0.25) is 19.5 Å². The molecule has 4 aromatic rings. The molecule has 0 spiro atoms. The Morgan fingerprint density at radius 2 is 1.71 bits per heavy atom. The monoisotopic (exact) mass is 481 g/mol. The summed E-state index contributed by atoms with van der Waals surface area (Å²) in [5.41, 5.74) is 4.70. The van der Waals surface area contributed by atoms with Gasteiger partial charge >= 0.3 is 0 Å². The van der Waals surface area contributed by atoms with Crippen LogP contribution in [0.5, 0.6) is 0 Å². The van der Waals surface area contributed by atoms with Gasteiger partial charge in [0.25, 0.3) is 5.91 Å². The average Bonchev–Trinajstić information content (AvgIpc) is 3.36. The number of Topliss-reactive ketones (excluding diaryl/α,β-unsaturated/α-hetero) is 1. The molecule has 2 aromatic carbocycles. The number of benzene rings is 2. The first kappa shape index (κ1) is 22.7. The number of thiazole rings is 1.